The third-order valence-corrected chi connectivity index (χ3v) is 8.28. The maximum atomic E-state index is 12.6. The lowest BCUT2D eigenvalue weighted by Gasteiger charge is -2.30. The van der Waals surface area contributed by atoms with Crippen molar-refractivity contribution in [2.45, 2.75) is 122 Å². The van der Waals surface area contributed by atoms with Gasteiger partial charge in [0.25, 0.3) is 0 Å². The van der Waals surface area contributed by atoms with E-state index >= 15 is 0 Å². The molecule has 2 saturated carbocycles. The van der Waals surface area contributed by atoms with Crippen molar-refractivity contribution in [2.24, 2.45) is 17.8 Å². The van der Waals surface area contributed by atoms with Gasteiger partial charge in [0.05, 0.1) is 27.2 Å². The van der Waals surface area contributed by atoms with Crippen molar-refractivity contribution in [3.63, 3.8) is 0 Å². The van der Waals surface area contributed by atoms with Crippen LogP contribution in [0.3, 0.4) is 0 Å². The fourth-order valence-corrected chi connectivity index (χ4v) is 6.23. The van der Waals surface area contributed by atoms with Crippen LogP contribution >= 0.6 is 0 Å². The Balaban J connectivity index is 1.39. The van der Waals surface area contributed by atoms with E-state index in [1.54, 1.807) is 0 Å². The van der Waals surface area contributed by atoms with Crippen LogP contribution < -0.4 is 5.32 Å². The molecular weight excluding hydrogens is 380 g/mol. The zero-order valence-electron chi connectivity index (χ0n) is 21.4. The lowest BCUT2D eigenvalue weighted by atomic mass is 9.91. The highest BCUT2D eigenvalue weighted by molar-refractivity contribution is 5.79. The topological polar surface area (TPSA) is 29.1 Å². The van der Waals surface area contributed by atoms with Crippen molar-refractivity contribution < 1.29 is 9.28 Å². The Kier molecular flexibility index (Phi) is 13.2. The quantitative estimate of drug-likeness (QED) is 0.181. The van der Waals surface area contributed by atoms with Crippen molar-refractivity contribution >= 4 is 5.91 Å². The van der Waals surface area contributed by atoms with Crippen LogP contribution in [0.2, 0.25) is 0 Å². The molecule has 0 aliphatic heterocycles. The summed E-state index contributed by atoms with van der Waals surface area (Å²) >= 11 is 0. The van der Waals surface area contributed by atoms with Gasteiger partial charge in [-0.15, -0.1) is 0 Å². The largest absolute Gasteiger partial charge is 0.356 e. The average Bonchev–Trinajstić information content (AvgIpc) is 3.36. The number of amides is 1. The number of rotatable bonds is 18. The molecule has 0 aromatic rings. The van der Waals surface area contributed by atoms with E-state index in [-0.39, 0.29) is 0 Å². The summed E-state index contributed by atoms with van der Waals surface area (Å²) in [6, 6.07) is 0. The Labute approximate surface area is 194 Å². The smallest absolute Gasteiger partial charge is 0.223 e. The summed E-state index contributed by atoms with van der Waals surface area (Å²) in [5, 5.41) is 3.28. The summed E-state index contributed by atoms with van der Waals surface area (Å²) in [6.07, 6.45) is 24.6. The van der Waals surface area contributed by atoms with Crippen LogP contribution in [0.4, 0.5) is 0 Å². The minimum absolute atomic E-state index is 0.330. The van der Waals surface area contributed by atoms with Gasteiger partial charge in [-0.25, -0.2) is 0 Å². The molecular formula is C28H55N2O+. The van der Waals surface area contributed by atoms with Gasteiger partial charge in [0.1, 0.15) is 0 Å². The number of carbonyl (C=O) groups is 1. The van der Waals surface area contributed by atoms with Gasteiger partial charge in [-0.3, -0.25) is 4.79 Å². The van der Waals surface area contributed by atoms with Gasteiger partial charge in [-0.2, -0.15) is 0 Å². The average molecular weight is 436 g/mol. The fourth-order valence-electron chi connectivity index (χ4n) is 6.23. The number of carbonyl (C=O) groups excluding carboxylic acids is 1. The first-order valence-corrected chi connectivity index (χ1v) is 14.1. The third-order valence-electron chi connectivity index (χ3n) is 8.28. The maximum Gasteiger partial charge on any atom is 0.223 e. The van der Waals surface area contributed by atoms with Crippen LogP contribution in [0.25, 0.3) is 0 Å². The maximum absolute atomic E-state index is 12.6. The van der Waals surface area contributed by atoms with Crippen molar-refractivity contribution in [3.8, 4) is 0 Å². The van der Waals surface area contributed by atoms with Gasteiger partial charge < -0.3 is 9.80 Å². The molecule has 1 N–H and O–H groups in total. The Bertz CT molecular complexity index is 476. The molecule has 3 heteroatoms. The lowest BCUT2D eigenvalue weighted by molar-refractivity contribution is -0.890. The molecule has 0 aromatic carbocycles. The second-order valence-corrected chi connectivity index (χ2v) is 11.5. The first-order chi connectivity index (χ1) is 15.0. The third kappa shape index (κ3) is 10.7. The molecule has 31 heavy (non-hydrogen) atoms. The molecule has 0 radical (unpaired) electrons. The van der Waals surface area contributed by atoms with Gasteiger partial charge in [-0.1, -0.05) is 84.0 Å². The second-order valence-electron chi connectivity index (χ2n) is 11.5. The van der Waals surface area contributed by atoms with Gasteiger partial charge in [-0.05, 0) is 43.9 Å². The van der Waals surface area contributed by atoms with Crippen LogP contribution in [0.15, 0.2) is 0 Å². The predicted molar refractivity (Wildman–Crippen MR) is 134 cm³/mol. The molecule has 3 nitrogen and oxygen atoms in total. The van der Waals surface area contributed by atoms with Gasteiger partial charge in [0.2, 0.25) is 5.91 Å². The molecule has 2 rings (SSSR count). The number of hydrogen-bond donors (Lipinski definition) is 1. The first-order valence-electron chi connectivity index (χ1n) is 14.1. The zero-order chi connectivity index (χ0) is 22.4. The van der Waals surface area contributed by atoms with Crippen molar-refractivity contribution in [1.82, 2.24) is 5.32 Å². The predicted octanol–water partition coefficient (Wildman–Crippen LogP) is 7.10. The summed E-state index contributed by atoms with van der Waals surface area (Å²) in [7, 11) is 4.72. The van der Waals surface area contributed by atoms with Gasteiger partial charge in [0, 0.05) is 18.9 Å². The standard InChI is InChI=1S/C28H54N2O/c1-4-5-6-7-8-9-10-11-12-13-14-15-23-30(2,3)24-17-22-29-28(31)27-21-20-25-18-16-19-26(25)27/h25-27H,4-24H2,1-3H3/p+1/t25-,26-,27?/m1/s1. The second kappa shape index (κ2) is 15.3. The molecule has 182 valence electrons. The molecule has 0 aromatic heterocycles. The fraction of sp³-hybridized carbons (Fsp3) is 0.964. The van der Waals surface area contributed by atoms with E-state index in [0.29, 0.717) is 17.7 Å². The molecule has 2 aliphatic carbocycles. The van der Waals surface area contributed by atoms with Gasteiger partial charge >= 0.3 is 0 Å². The Morgan fingerprint density at radius 2 is 1.32 bits per heavy atom. The van der Waals surface area contributed by atoms with E-state index in [0.717, 1.165) is 29.8 Å². The van der Waals surface area contributed by atoms with E-state index in [1.165, 1.54) is 116 Å². The van der Waals surface area contributed by atoms with Crippen LogP contribution in [0, 0.1) is 17.8 Å². The van der Waals surface area contributed by atoms with Crippen LogP contribution in [-0.4, -0.2) is 44.1 Å². The molecule has 2 fully saturated rings. The molecule has 0 spiro atoms. The summed E-state index contributed by atoms with van der Waals surface area (Å²) in [4.78, 5) is 12.6. The molecule has 2 aliphatic rings. The Morgan fingerprint density at radius 3 is 1.97 bits per heavy atom. The van der Waals surface area contributed by atoms with E-state index in [1.807, 2.05) is 0 Å². The summed E-state index contributed by atoms with van der Waals surface area (Å²) in [6.45, 7) is 5.61. The summed E-state index contributed by atoms with van der Waals surface area (Å²) < 4.78 is 1.10. The lowest BCUT2D eigenvalue weighted by Crippen LogP contribution is -2.43. The Morgan fingerprint density at radius 1 is 0.742 bits per heavy atom. The number of fused-ring (bicyclic) bond motifs is 1. The first kappa shape index (κ1) is 26.7. The zero-order valence-corrected chi connectivity index (χ0v) is 21.4. The van der Waals surface area contributed by atoms with Crippen LogP contribution in [0.5, 0.6) is 0 Å². The molecule has 3 atom stereocenters. The van der Waals surface area contributed by atoms with Crippen molar-refractivity contribution in [2.75, 3.05) is 33.7 Å². The molecule has 0 heterocycles. The van der Waals surface area contributed by atoms with E-state index in [2.05, 4.69) is 26.3 Å². The molecule has 0 bridgehead atoms. The van der Waals surface area contributed by atoms with Crippen molar-refractivity contribution in [1.29, 1.82) is 0 Å². The van der Waals surface area contributed by atoms with Gasteiger partial charge in [0.15, 0.2) is 0 Å². The minimum Gasteiger partial charge on any atom is -0.356 e. The number of nitrogens with zero attached hydrogens (tertiary/aromatic N) is 1. The molecule has 1 amide bonds. The number of nitrogens with one attached hydrogen (secondary N) is 1. The highest BCUT2D eigenvalue weighted by Crippen LogP contribution is 2.47. The van der Waals surface area contributed by atoms with E-state index < -0.39 is 0 Å². The molecule has 0 saturated heterocycles. The SMILES string of the molecule is CCCCCCCCCCCCCC[N+](C)(C)CCCNC(=O)C1CC[C@H]2CCC[C@@H]12. The monoisotopic (exact) mass is 435 g/mol. The highest BCUT2D eigenvalue weighted by atomic mass is 16.1. The number of quaternary nitrogens is 1. The number of hydrogen-bond acceptors (Lipinski definition) is 1. The van der Waals surface area contributed by atoms with E-state index in [4.69, 9.17) is 0 Å². The van der Waals surface area contributed by atoms with Crippen LogP contribution in [0.1, 0.15) is 122 Å². The number of unbranched alkanes of at least 4 members (excludes halogenated alkanes) is 11. The minimum atomic E-state index is 0.330. The van der Waals surface area contributed by atoms with E-state index in [9.17, 15) is 4.79 Å². The summed E-state index contributed by atoms with van der Waals surface area (Å²) in [5.41, 5.74) is 0. The highest BCUT2D eigenvalue weighted by Gasteiger charge is 2.42. The van der Waals surface area contributed by atoms with Crippen LogP contribution in [-0.2, 0) is 4.79 Å². The summed E-state index contributed by atoms with van der Waals surface area (Å²) in [5.74, 6) is 2.26. The molecule has 1 unspecified atom stereocenters. The van der Waals surface area contributed by atoms with Crippen molar-refractivity contribution in [3.05, 3.63) is 0 Å². The Hall–Kier alpha value is -0.570. The normalized spacial score (nSPS) is 23.3.